The summed E-state index contributed by atoms with van der Waals surface area (Å²) in [5.41, 5.74) is 6.62. The van der Waals surface area contributed by atoms with E-state index in [4.69, 9.17) is 5.73 Å². The second-order valence-electron chi connectivity index (χ2n) is 4.68. The van der Waals surface area contributed by atoms with Crippen LogP contribution in [0.1, 0.15) is 12.8 Å². The summed E-state index contributed by atoms with van der Waals surface area (Å²) in [6, 6.07) is 2.07. The van der Waals surface area contributed by atoms with Gasteiger partial charge in [-0.15, -0.1) is 0 Å². The summed E-state index contributed by atoms with van der Waals surface area (Å²) in [5.74, 6) is -1.17. The summed E-state index contributed by atoms with van der Waals surface area (Å²) in [6.07, 6.45) is 2.46. The van der Waals surface area contributed by atoms with Crippen molar-refractivity contribution in [2.45, 2.75) is 12.8 Å². The maximum absolute atomic E-state index is 13.5. The molecule has 2 nitrogen and oxygen atoms in total. The van der Waals surface area contributed by atoms with Gasteiger partial charge in [0, 0.05) is 24.6 Å². The van der Waals surface area contributed by atoms with Crippen LogP contribution in [0.4, 0.5) is 20.2 Å². The third kappa shape index (κ3) is 1.28. The van der Waals surface area contributed by atoms with Gasteiger partial charge in [-0.1, -0.05) is 0 Å². The summed E-state index contributed by atoms with van der Waals surface area (Å²) in [6.45, 7) is 1.72. The van der Waals surface area contributed by atoms with Crippen molar-refractivity contribution in [2.75, 3.05) is 23.7 Å². The Morgan fingerprint density at radius 2 is 1.87 bits per heavy atom. The highest BCUT2D eigenvalue weighted by Gasteiger charge is 2.53. The second kappa shape index (κ2) is 2.62. The minimum Gasteiger partial charge on any atom is -0.397 e. The third-order valence-corrected chi connectivity index (χ3v) is 3.38. The number of nitrogens with zero attached hydrogens (tertiary/aromatic N) is 1. The van der Waals surface area contributed by atoms with Crippen molar-refractivity contribution >= 4 is 11.4 Å². The number of nitrogen functional groups attached to an aromatic ring is 1. The molecule has 1 saturated heterocycles. The van der Waals surface area contributed by atoms with Gasteiger partial charge >= 0.3 is 0 Å². The molecule has 1 heterocycles. The third-order valence-electron chi connectivity index (χ3n) is 3.38. The zero-order valence-corrected chi connectivity index (χ0v) is 8.26. The molecule has 1 aliphatic carbocycles. The average molecular weight is 210 g/mol. The predicted molar refractivity (Wildman–Crippen MR) is 54.7 cm³/mol. The Hall–Kier alpha value is -1.32. The van der Waals surface area contributed by atoms with Crippen LogP contribution in [-0.4, -0.2) is 13.1 Å². The van der Waals surface area contributed by atoms with Crippen LogP contribution in [-0.2, 0) is 0 Å². The first kappa shape index (κ1) is 8.95. The van der Waals surface area contributed by atoms with Gasteiger partial charge in [-0.25, -0.2) is 8.78 Å². The van der Waals surface area contributed by atoms with Crippen molar-refractivity contribution in [1.29, 1.82) is 0 Å². The van der Waals surface area contributed by atoms with E-state index in [9.17, 15) is 8.78 Å². The minimum absolute atomic E-state index is 0.197. The van der Waals surface area contributed by atoms with Crippen molar-refractivity contribution in [3.8, 4) is 0 Å². The van der Waals surface area contributed by atoms with Gasteiger partial charge in [0.05, 0.1) is 11.4 Å². The summed E-state index contributed by atoms with van der Waals surface area (Å²) >= 11 is 0. The van der Waals surface area contributed by atoms with Crippen LogP contribution < -0.4 is 10.6 Å². The van der Waals surface area contributed by atoms with Crippen LogP contribution in [0.15, 0.2) is 12.1 Å². The fourth-order valence-electron chi connectivity index (χ4n) is 2.33. The number of benzene rings is 1. The van der Waals surface area contributed by atoms with E-state index in [0.29, 0.717) is 11.1 Å². The van der Waals surface area contributed by atoms with Crippen molar-refractivity contribution < 1.29 is 8.78 Å². The molecule has 0 amide bonds. The Morgan fingerprint density at radius 1 is 1.20 bits per heavy atom. The van der Waals surface area contributed by atoms with E-state index < -0.39 is 11.6 Å². The van der Waals surface area contributed by atoms with Gasteiger partial charge in [-0.2, -0.15) is 0 Å². The van der Waals surface area contributed by atoms with E-state index in [1.807, 2.05) is 4.90 Å². The summed E-state index contributed by atoms with van der Waals surface area (Å²) in [5, 5.41) is 0. The molecule has 1 spiro atoms. The first-order valence-electron chi connectivity index (χ1n) is 5.09. The lowest BCUT2D eigenvalue weighted by Gasteiger charge is -2.42. The molecule has 0 atom stereocenters. The van der Waals surface area contributed by atoms with E-state index in [0.717, 1.165) is 19.2 Å². The Balaban J connectivity index is 1.91. The summed E-state index contributed by atoms with van der Waals surface area (Å²) in [7, 11) is 0. The highest BCUT2D eigenvalue weighted by molar-refractivity contribution is 5.70. The van der Waals surface area contributed by atoms with E-state index in [1.165, 1.54) is 18.9 Å². The number of halogens is 2. The summed E-state index contributed by atoms with van der Waals surface area (Å²) in [4.78, 5) is 1.90. The number of hydrogen-bond acceptors (Lipinski definition) is 2. The lowest BCUT2D eigenvalue weighted by atomic mass is 9.95. The largest absolute Gasteiger partial charge is 0.397 e. The molecule has 0 unspecified atom stereocenters. The molecule has 1 aromatic carbocycles. The van der Waals surface area contributed by atoms with Gasteiger partial charge in [-0.3, -0.25) is 0 Å². The number of hydrogen-bond donors (Lipinski definition) is 1. The molecule has 2 fully saturated rings. The quantitative estimate of drug-likeness (QED) is 0.719. The van der Waals surface area contributed by atoms with Gasteiger partial charge < -0.3 is 10.6 Å². The minimum atomic E-state index is -0.615. The summed E-state index contributed by atoms with van der Waals surface area (Å²) < 4.78 is 26.3. The molecule has 1 saturated carbocycles. The number of rotatable bonds is 1. The molecule has 80 valence electrons. The van der Waals surface area contributed by atoms with Gasteiger partial charge in [-0.05, 0) is 18.9 Å². The van der Waals surface area contributed by atoms with E-state index in [1.54, 1.807) is 0 Å². The Labute approximate surface area is 86.7 Å². The molecule has 0 aromatic heterocycles. The van der Waals surface area contributed by atoms with E-state index in [-0.39, 0.29) is 5.69 Å². The van der Waals surface area contributed by atoms with Crippen molar-refractivity contribution in [3.05, 3.63) is 23.8 Å². The lowest BCUT2D eigenvalue weighted by Crippen LogP contribution is -2.49. The highest BCUT2D eigenvalue weighted by Crippen LogP contribution is 2.54. The molecule has 2 N–H and O–H groups in total. The van der Waals surface area contributed by atoms with E-state index >= 15 is 0 Å². The van der Waals surface area contributed by atoms with Gasteiger partial charge in [0.15, 0.2) is 5.82 Å². The predicted octanol–water partition coefficient (Wildman–Crippen LogP) is 2.15. The SMILES string of the molecule is Nc1cc(F)cc(F)c1N1CC2(CC2)C1. The average Bonchev–Trinajstić information content (AvgIpc) is 2.80. The van der Waals surface area contributed by atoms with Crippen LogP contribution in [0.5, 0.6) is 0 Å². The number of nitrogens with two attached hydrogens (primary N) is 1. The van der Waals surface area contributed by atoms with Crippen molar-refractivity contribution in [2.24, 2.45) is 5.41 Å². The fourth-order valence-corrected chi connectivity index (χ4v) is 2.33. The smallest absolute Gasteiger partial charge is 0.151 e. The van der Waals surface area contributed by atoms with Gasteiger partial charge in [0.25, 0.3) is 0 Å². The maximum atomic E-state index is 13.5. The topological polar surface area (TPSA) is 29.3 Å². The zero-order valence-electron chi connectivity index (χ0n) is 8.26. The Bertz CT molecular complexity index is 396. The van der Waals surface area contributed by atoms with E-state index in [2.05, 4.69) is 0 Å². The van der Waals surface area contributed by atoms with Crippen LogP contribution in [0, 0.1) is 17.0 Å². The van der Waals surface area contributed by atoms with Crippen molar-refractivity contribution in [3.63, 3.8) is 0 Å². The Morgan fingerprint density at radius 3 is 2.40 bits per heavy atom. The van der Waals surface area contributed by atoms with Crippen LogP contribution in [0.3, 0.4) is 0 Å². The molecule has 3 rings (SSSR count). The lowest BCUT2D eigenvalue weighted by molar-refractivity contribution is 0.382. The van der Waals surface area contributed by atoms with Crippen LogP contribution >= 0.6 is 0 Å². The molecule has 0 bridgehead atoms. The molecular formula is C11H12F2N2. The van der Waals surface area contributed by atoms with Crippen LogP contribution in [0.25, 0.3) is 0 Å². The first-order chi connectivity index (χ1) is 7.10. The molecule has 15 heavy (non-hydrogen) atoms. The molecule has 1 aliphatic heterocycles. The first-order valence-corrected chi connectivity index (χ1v) is 5.09. The zero-order chi connectivity index (χ0) is 10.6. The molecule has 0 radical (unpaired) electrons. The Kier molecular flexibility index (Phi) is 1.56. The van der Waals surface area contributed by atoms with Crippen molar-refractivity contribution in [1.82, 2.24) is 0 Å². The molecule has 1 aromatic rings. The molecule has 4 heteroatoms. The molecular weight excluding hydrogens is 198 g/mol. The van der Waals surface area contributed by atoms with Gasteiger partial charge in [0.1, 0.15) is 5.82 Å². The van der Waals surface area contributed by atoms with Gasteiger partial charge in [0.2, 0.25) is 0 Å². The second-order valence-corrected chi connectivity index (χ2v) is 4.68. The fraction of sp³-hybridized carbons (Fsp3) is 0.455. The normalized spacial score (nSPS) is 21.6. The standard InChI is InChI=1S/C11H12F2N2/c12-7-3-8(13)10(9(14)4-7)15-5-11(6-15)1-2-11/h3-4H,1-2,5-6,14H2. The molecule has 2 aliphatic rings. The maximum Gasteiger partial charge on any atom is 0.151 e. The monoisotopic (exact) mass is 210 g/mol. The number of anilines is 2. The highest BCUT2D eigenvalue weighted by atomic mass is 19.1. The van der Waals surface area contributed by atoms with Crippen LogP contribution in [0.2, 0.25) is 0 Å².